The van der Waals surface area contributed by atoms with Crippen molar-refractivity contribution in [2.75, 3.05) is 6.54 Å². The molecule has 1 saturated carbocycles. The Kier molecular flexibility index (Phi) is 5.12. The highest BCUT2D eigenvalue weighted by Gasteiger charge is 2.25. The minimum atomic E-state index is -3.76. The van der Waals surface area contributed by atoms with E-state index in [-0.39, 0.29) is 10.9 Å². The van der Waals surface area contributed by atoms with E-state index in [2.05, 4.69) is 10.0 Å². The van der Waals surface area contributed by atoms with E-state index in [1.54, 1.807) is 6.07 Å². The van der Waals surface area contributed by atoms with Gasteiger partial charge < -0.3 is 5.32 Å². The van der Waals surface area contributed by atoms with Gasteiger partial charge in [0, 0.05) is 12.6 Å². The molecule has 0 spiro atoms. The van der Waals surface area contributed by atoms with Gasteiger partial charge in [0.1, 0.15) is 10.7 Å². The molecular weight excluding hydrogens is 279 g/mol. The number of hydrogen-bond acceptors (Lipinski definition) is 3. The second kappa shape index (κ2) is 6.65. The monoisotopic (exact) mass is 300 g/mol. The van der Waals surface area contributed by atoms with E-state index in [1.165, 1.54) is 12.1 Å². The van der Waals surface area contributed by atoms with Crippen molar-refractivity contribution in [3.8, 4) is 0 Å². The first-order chi connectivity index (χ1) is 9.53. The van der Waals surface area contributed by atoms with Crippen LogP contribution in [0.5, 0.6) is 0 Å². The maximum absolute atomic E-state index is 14.0. The Labute approximate surface area is 119 Å². The molecule has 0 radical (unpaired) electrons. The van der Waals surface area contributed by atoms with E-state index in [9.17, 15) is 12.8 Å². The molecule has 112 valence electrons. The van der Waals surface area contributed by atoms with Crippen molar-refractivity contribution in [3.05, 3.63) is 29.6 Å². The summed E-state index contributed by atoms with van der Waals surface area (Å²) in [7, 11) is -3.76. The molecule has 0 amide bonds. The Morgan fingerprint density at radius 3 is 2.60 bits per heavy atom. The Morgan fingerprint density at radius 1 is 1.30 bits per heavy atom. The highest BCUT2D eigenvalue weighted by molar-refractivity contribution is 7.89. The molecular formula is C14H21FN2O2S. The summed E-state index contributed by atoms with van der Waals surface area (Å²) < 4.78 is 40.9. The molecule has 0 unspecified atom stereocenters. The van der Waals surface area contributed by atoms with Crippen LogP contribution in [0.4, 0.5) is 4.39 Å². The molecule has 1 aliphatic carbocycles. The third-order valence-electron chi connectivity index (χ3n) is 3.54. The Balaban J connectivity index is 2.14. The van der Waals surface area contributed by atoms with Gasteiger partial charge in [-0.15, -0.1) is 0 Å². The van der Waals surface area contributed by atoms with Crippen molar-refractivity contribution < 1.29 is 12.8 Å². The number of halogens is 1. The lowest BCUT2D eigenvalue weighted by molar-refractivity contribution is 0.536. The highest BCUT2D eigenvalue weighted by atomic mass is 32.2. The molecule has 0 saturated heterocycles. The van der Waals surface area contributed by atoms with Gasteiger partial charge in [-0.05, 0) is 37.1 Å². The molecule has 1 aromatic carbocycles. The van der Waals surface area contributed by atoms with Crippen molar-refractivity contribution in [2.45, 2.75) is 50.1 Å². The van der Waals surface area contributed by atoms with Gasteiger partial charge in [0.15, 0.2) is 0 Å². The first-order valence-electron chi connectivity index (χ1n) is 7.04. The Bertz CT molecular complexity index is 554. The zero-order valence-electron chi connectivity index (χ0n) is 11.7. The normalized spacial score (nSPS) is 16.7. The van der Waals surface area contributed by atoms with Gasteiger partial charge in [0.2, 0.25) is 10.0 Å². The van der Waals surface area contributed by atoms with Gasteiger partial charge in [-0.1, -0.05) is 25.8 Å². The molecule has 0 atom stereocenters. The number of hydrogen-bond donors (Lipinski definition) is 2. The molecule has 6 heteroatoms. The van der Waals surface area contributed by atoms with Crippen LogP contribution in [0.3, 0.4) is 0 Å². The Hall–Kier alpha value is -0.980. The van der Waals surface area contributed by atoms with Crippen molar-refractivity contribution in [1.82, 2.24) is 10.0 Å². The van der Waals surface area contributed by atoms with Gasteiger partial charge in [-0.25, -0.2) is 17.5 Å². The van der Waals surface area contributed by atoms with Gasteiger partial charge in [0.25, 0.3) is 0 Å². The van der Waals surface area contributed by atoms with E-state index in [0.29, 0.717) is 6.54 Å². The number of rotatable bonds is 6. The smallest absolute Gasteiger partial charge is 0.243 e. The summed E-state index contributed by atoms with van der Waals surface area (Å²) in [4.78, 5) is -0.260. The lowest BCUT2D eigenvalue weighted by atomic mass is 10.2. The molecule has 0 heterocycles. The molecule has 1 fully saturated rings. The van der Waals surface area contributed by atoms with Crippen molar-refractivity contribution >= 4 is 10.0 Å². The van der Waals surface area contributed by atoms with Crippen LogP contribution >= 0.6 is 0 Å². The summed E-state index contributed by atoms with van der Waals surface area (Å²) in [5.74, 6) is -0.689. The summed E-state index contributed by atoms with van der Waals surface area (Å²) in [6.45, 7) is 3.27. The summed E-state index contributed by atoms with van der Waals surface area (Å²) in [6.07, 6.45) is 3.72. The fourth-order valence-electron chi connectivity index (χ4n) is 2.47. The maximum Gasteiger partial charge on any atom is 0.243 e. The highest BCUT2D eigenvalue weighted by Crippen LogP contribution is 2.22. The van der Waals surface area contributed by atoms with Gasteiger partial charge >= 0.3 is 0 Å². The van der Waals surface area contributed by atoms with Crippen LogP contribution in [-0.2, 0) is 16.6 Å². The largest absolute Gasteiger partial charge is 0.313 e. The summed E-state index contributed by atoms with van der Waals surface area (Å²) in [6, 6.07) is 4.22. The first-order valence-corrected chi connectivity index (χ1v) is 8.52. The van der Waals surface area contributed by atoms with E-state index in [1.807, 2.05) is 6.92 Å². The fraction of sp³-hybridized carbons (Fsp3) is 0.571. The minimum absolute atomic E-state index is 0.0548. The Morgan fingerprint density at radius 2 is 2.00 bits per heavy atom. The molecule has 4 nitrogen and oxygen atoms in total. The number of nitrogens with one attached hydrogen (secondary N) is 2. The van der Waals surface area contributed by atoms with Crippen LogP contribution in [0, 0.1) is 5.82 Å². The molecule has 0 aliphatic heterocycles. The first kappa shape index (κ1) is 15.4. The molecule has 1 aliphatic rings. The predicted molar refractivity (Wildman–Crippen MR) is 76.4 cm³/mol. The van der Waals surface area contributed by atoms with Crippen LogP contribution in [0.1, 0.15) is 38.2 Å². The van der Waals surface area contributed by atoms with Crippen molar-refractivity contribution in [1.29, 1.82) is 0 Å². The van der Waals surface area contributed by atoms with E-state index in [4.69, 9.17) is 0 Å². The summed E-state index contributed by atoms with van der Waals surface area (Å²) in [5, 5.41) is 3.08. The molecule has 2 rings (SSSR count). The molecule has 0 bridgehead atoms. The van der Waals surface area contributed by atoms with E-state index in [0.717, 1.165) is 37.8 Å². The third-order valence-corrected chi connectivity index (χ3v) is 5.10. The SMILES string of the molecule is CCNCc1ccc(S(=O)(=O)NC2CCCC2)c(F)c1. The van der Waals surface area contributed by atoms with Gasteiger partial charge in [-0.3, -0.25) is 0 Å². The van der Waals surface area contributed by atoms with Gasteiger partial charge in [-0.2, -0.15) is 0 Å². The standard InChI is InChI=1S/C14H21FN2O2S/c1-2-16-10-11-7-8-14(13(15)9-11)20(18,19)17-12-5-3-4-6-12/h7-9,12,16-17H,2-6,10H2,1H3. The average molecular weight is 300 g/mol. The van der Waals surface area contributed by atoms with Gasteiger partial charge in [0.05, 0.1) is 0 Å². The van der Waals surface area contributed by atoms with Crippen molar-refractivity contribution in [3.63, 3.8) is 0 Å². The molecule has 1 aromatic rings. The zero-order chi connectivity index (χ0) is 14.6. The second-order valence-corrected chi connectivity index (χ2v) is 6.83. The number of sulfonamides is 1. The number of benzene rings is 1. The minimum Gasteiger partial charge on any atom is -0.313 e. The topological polar surface area (TPSA) is 58.2 Å². The lowest BCUT2D eigenvalue weighted by Crippen LogP contribution is -2.33. The third kappa shape index (κ3) is 3.77. The van der Waals surface area contributed by atoms with Crippen LogP contribution < -0.4 is 10.0 Å². The summed E-state index contributed by atoms with van der Waals surface area (Å²) >= 11 is 0. The van der Waals surface area contributed by atoms with Crippen LogP contribution in [-0.4, -0.2) is 21.0 Å². The fourth-order valence-corrected chi connectivity index (χ4v) is 3.83. The van der Waals surface area contributed by atoms with Crippen LogP contribution in [0.2, 0.25) is 0 Å². The summed E-state index contributed by atoms with van der Waals surface area (Å²) in [5.41, 5.74) is 0.740. The average Bonchev–Trinajstić information content (AvgIpc) is 2.88. The van der Waals surface area contributed by atoms with Crippen LogP contribution in [0.25, 0.3) is 0 Å². The van der Waals surface area contributed by atoms with E-state index >= 15 is 0 Å². The quantitative estimate of drug-likeness (QED) is 0.846. The predicted octanol–water partition coefficient (Wildman–Crippen LogP) is 2.16. The van der Waals surface area contributed by atoms with Crippen LogP contribution in [0.15, 0.2) is 23.1 Å². The maximum atomic E-state index is 14.0. The van der Waals surface area contributed by atoms with Crippen molar-refractivity contribution in [2.24, 2.45) is 0 Å². The second-order valence-electron chi connectivity index (χ2n) is 5.15. The molecule has 2 N–H and O–H groups in total. The lowest BCUT2D eigenvalue weighted by Gasteiger charge is -2.13. The van der Waals surface area contributed by atoms with E-state index < -0.39 is 15.8 Å². The molecule has 20 heavy (non-hydrogen) atoms. The zero-order valence-corrected chi connectivity index (χ0v) is 12.5. The molecule has 0 aromatic heterocycles.